The lowest BCUT2D eigenvalue weighted by atomic mass is 8.23. The van der Waals surface area contributed by atoms with E-state index < -0.39 is 179 Å². The minimum absolute atomic E-state index is 0.799. The third-order valence-electron chi connectivity index (χ3n) is 15.8. The van der Waals surface area contributed by atoms with E-state index in [1.807, 2.05) is 0 Å². The maximum atomic E-state index is 6.79. The smallest absolute Gasteiger partial charge is 0.124 e. The van der Waals surface area contributed by atoms with E-state index in [0.29, 0.717) is 0 Å². The van der Waals surface area contributed by atoms with Crippen LogP contribution in [-0.2, 0) is 17.8 Å². The van der Waals surface area contributed by atoms with Gasteiger partial charge < -0.3 is 14.8 Å². The molecule has 1 aromatic carbocycles. The van der Waals surface area contributed by atoms with Crippen molar-refractivity contribution in [1.29, 1.82) is 0 Å². The zero-order chi connectivity index (χ0) is 59.1. The first-order valence-electron chi connectivity index (χ1n) is 26.2. The largest absolute Gasteiger partial charge is 0.493 e. The van der Waals surface area contributed by atoms with Crippen molar-refractivity contribution in [1.82, 2.24) is 10.2 Å². The summed E-state index contributed by atoms with van der Waals surface area (Å²) in [5.41, 5.74) is 2.72. The molecule has 1 aromatic rings. The van der Waals surface area contributed by atoms with Crippen LogP contribution in [-0.4, -0.2) is 455 Å². The van der Waals surface area contributed by atoms with Crippen molar-refractivity contribution in [3.8, 4) is 5.75 Å². The normalized spacial score (nSPS) is 12.1. The SMILES string of the molecule is [B]B([B])B(B([B])[B])B(B([B])[B])B(B(B(B([B])[B])B([B])[B])B(B([B])[B])B([B])[B])B(B(B(B([B])[B])B([B])[B])B(B([B])[B])B([B])[B])B(B(B([B])[B])B([B])[B])B(B([B])[B])B([B])[B].c1cc2c(c(OCCCN3CCOCC3)c1)CNC2. The highest BCUT2D eigenvalue weighted by atomic mass is 16.5. The van der Waals surface area contributed by atoms with E-state index in [1.54, 1.807) is 0 Å². The molecular formula is C15H22B58N2O2. The van der Waals surface area contributed by atoms with Crippen LogP contribution in [0.3, 0.4) is 0 Å². The fourth-order valence-corrected chi connectivity index (χ4v) is 12.7. The second-order valence-corrected chi connectivity index (χ2v) is 21.3. The monoisotopic (exact) mass is 901 g/mol. The number of benzene rings is 1. The van der Waals surface area contributed by atoms with E-state index in [1.165, 1.54) is 11.1 Å². The Hall–Kier alpha value is 2.67. The minimum atomic E-state index is -1.53. The molecule has 0 aromatic heterocycles. The number of ether oxygens (including phenoxy) is 2. The molecule has 2 aliphatic rings. The summed E-state index contributed by atoms with van der Waals surface area (Å²) in [6.45, 7) is 7.69. The first kappa shape index (κ1) is 75.8. The average Bonchev–Trinajstić information content (AvgIpc) is 3.77. The molecule has 278 valence electrons. The standard InChI is InChI=1S/C15H22N2O2.B58/c1-3-13-11-16-12-14(13)15(4-1)19-8-2-5-17-6-9-18-10-7-17;1-31(2)46(32(3)4)53(45(29)30)57(54(47(33(5)6)34(7)8)48(35(9)10)36(11)12)58(55(49(37(13)14)38(15)16)50(39(17)18)40(19)20)56(51(41(21)22)42(23)24)52(43(25)26)44(27)28/h1,3-4,16H,2,5-12H2;. The molecule has 0 amide bonds. The zero-order valence-electron chi connectivity index (χ0n) is 44.8. The van der Waals surface area contributed by atoms with Crippen molar-refractivity contribution in [3.63, 3.8) is 0 Å². The first-order valence-corrected chi connectivity index (χ1v) is 26.2. The Morgan fingerprint density at radius 3 is 0.935 bits per heavy atom. The topological polar surface area (TPSA) is 33.7 Å². The van der Waals surface area contributed by atoms with Gasteiger partial charge in [-0.25, -0.2) is 0 Å². The lowest BCUT2D eigenvalue weighted by Gasteiger charge is -2.58. The van der Waals surface area contributed by atoms with Gasteiger partial charge in [0.05, 0.1) is 19.8 Å². The number of fused-ring (bicyclic) bond motifs is 1. The van der Waals surface area contributed by atoms with E-state index in [4.69, 9.17) is 242 Å². The van der Waals surface area contributed by atoms with E-state index >= 15 is 0 Å². The van der Waals surface area contributed by atoms with Crippen LogP contribution >= 0.6 is 0 Å². The molecule has 60 radical (unpaired) electrons. The molecule has 0 bridgehead atoms. The highest BCUT2D eigenvalue weighted by molar-refractivity contribution is 8.37. The highest BCUT2D eigenvalue weighted by Crippen LogP contribution is 2.27. The predicted molar refractivity (Wildman–Crippen MR) is 408 cm³/mol. The Morgan fingerprint density at radius 1 is 0.364 bits per heavy atom. The van der Waals surface area contributed by atoms with Crippen molar-refractivity contribution in [2.24, 2.45) is 0 Å². The first-order chi connectivity index (χ1) is 35.8. The number of morpholine rings is 1. The number of rotatable bonds is 32. The number of nitrogens with zero attached hydrogens (tertiary/aromatic N) is 1. The zero-order valence-corrected chi connectivity index (χ0v) is 44.8. The molecule has 1 saturated heterocycles. The Balaban J connectivity index is 0.000000874. The van der Waals surface area contributed by atoms with Crippen LogP contribution in [0.25, 0.3) is 0 Å². The van der Waals surface area contributed by atoms with Gasteiger partial charge in [0.15, 0.2) is 0 Å². The van der Waals surface area contributed by atoms with Crippen LogP contribution in [0, 0.1) is 0 Å². The molecule has 1 N–H and O–H groups in total. The van der Waals surface area contributed by atoms with E-state index in [0.717, 1.165) is 64.7 Å². The van der Waals surface area contributed by atoms with Crippen molar-refractivity contribution >= 4 is 411 Å². The van der Waals surface area contributed by atoms with Crippen LogP contribution in [0.1, 0.15) is 17.5 Å². The summed E-state index contributed by atoms with van der Waals surface area (Å²) in [7, 11) is 197. The van der Waals surface area contributed by atoms with Gasteiger partial charge in [-0.15, -0.1) is 0 Å². The van der Waals surface area contributed by atoms with Crippen LogP contribution in [0.15, 0.2) is 18.2 Å². The summed E-state index contributed by atoms with van der Waals surface area (Å²) in [5, 5.41) is 3.37. The van der Waals surface area contributed by atoms with Gasteiger partial charge in [0, 0.05) is 449 Å². The quantitative estimate of drug-likeness (QED) is 0.0577. The molecule has 3 rings (SSSR count). The predicted octanol–water partition coefficient (Wildman–Crippen LogP) is -20.7. The lowest BCUT2D eigenvalue weighted by molar-refractivity contribution is 0.0358. The summed E-state index contributed by atoms with van der Waals surface area (Å²) in [4.78, 5) is 2.45. The van der Waals surface area contributed by atoms with Crippen molar-refractivity contribution < 1.29 is 9.47 Å². The molecule has 62 heteroatoms. The van der Waals surface area contributed by atoms with Gasteiger partial charge in [-0.2, -0.15) is 0 Å². The second kappa shape index (κ2) is 36.7. The van der Waals surface area contributed by atoms with Crippen molar-refractivity contribution in [2.45, 2.75) is 19.5 Å². The Morgan fingerprint density at radius 2 is 0.636 bits per heavy atom. The molecule has 0 atom stereocenters. The van der Waals surface area contributed by atoms with Gasteiger partial charge in [-0.05, 0) is 18.1 Å². The highest BCUT2D eigenvalue weighted by Gasteiger charge is 2.62. The van der Waals surface area contributed by atoms with E-state index in [-0.39, 0.29) is 0 Å². The number of nitrogens with one attached hydrogen (secondary N) is 1. The summed E-state index contributed by atoms with van der Waals surface area (Å²) >= 11 is 0. The Labute approximate surface area is 520 Å². The van der Waals surface area contributed by atoms with Crippen LogP contribution in [0.4, 0.5) is 0 Å². The van der Waals surface area contributed by atoms with Crippen LogP contribution < -0.4 is 10.1 Å². The summed E-state index contributed by atoms with van der Waals surface area (Å²) < 4.78 is 11.3. The third kappa shape index (κ3) is 21.8. The maximum Gasteiger partial charge on any atom is 0.124 e. The third-order valence-corrected chi connectivity index (χ3v) is 15.8. The molecule has 0 spiro atoms. The molecule has 0 unspecified atom stereocenters. The van der Waals surface area contributed by atoms with Crippen molar-refractivity contribution in [2.75, 3.05) is 39.5 Å². The van der Waals surface area contributed by atoms with Crippen molar-refractivity contribution in [3.05, 3.63) is 29.3 Å². The van der Waals surface area contributed by atoms with Crippen LogP contribution in [0.5, 0.6) is 5.75 Å². The van der Waals surface area contributed by atoms with Gasteiger partial charge in [0.25, 0.3) is 0 Å². The summed E-state index contributed by atoms with van der Waals surface area (Å²) in [6, 6.07) is 6.35. The fourth-order valence-electron chi connectivity index (χ4n) is 12.7. The van der Waals surface area contributed by atoms with Crippen LogP contribution in [0.2, 0.25) is 0 Å². The Bertz CT molecular complexity index is 1590. The molecule has 2 aliphatic heterocycles. The fraction of sp³-hybridized carbons (Fsp3) is 0.600. The Kier molecular flexibility index (Phi) is 36.1. The molecule has 2 heterocycles. The molecule has 1 fully saturated rings. The number of hydrogen-bond acceptors (Lipinski definition) is 4. The number of hydrogen-bond donors (Lipinski definition) is 1. The van der Waals surface area contributed by atoms with E-state index in [9.17, 15) is 0 Å². The average molecular weight is 889 g/mol. The van der Waals surface area contributed by atoms with Gasteiger partial charge in [0.1, 0.15) is 5.75 Å². The summed E-state index contributed by atoms with van der Waals surface area (Å²) in [6.07, 6.45) is -38.2. The minimum Gasteiger partial charge on any atom is -0.493 e. The molecule has 77 heavy (non-hydrogen) atoms. The molecule has 4 nitrogen and oxygen atoms in total. The van der Waals surface area contributed by atoms with Gasteiger partial charge >= 0.3 is 0 Å². The maximum absolute atomic E-state index is 6.79. The molecule has 0 saturated carbocycles. The van der Waals surface area contributed by atoms with Gasteiger partial charge in [-0.1, -0.05) is 12.1 Å². The molecular weight excluding hydrogens is 867 g/mol. The van der Waals surface area contributed by atoms with Gasteiger partial charge in [-0.3, -0.25) is 4.90 Å². The van der Waals surface area contributed by atoms with Gasteiger partial charge in [0.2, 0.25) is 0 Å². The van der Waals surface area contributed by atoms with E-state index in [2.05, 4.69) is 28.4 Å². The molecule has 0 aliphatic carbocycles. The lowest BCUT2D eigenvalue weighted by Crippen LogP contribution is -2.96. The second-order valence-electron chi connectivity index (χ2n) is 21.3. The summed E-state index contributed by atoms with van der Waals surface area (Å²) in [5.74, 6) is 1.06.